The van der Waals surface area contributed by atoms with Crippen molar-refractivity contribution >= 4 is 6.29 Å². The first-order valence-corrected chi connectivity index (χ1v) is 8.00. The number of hydrogen-bond donors (Lipinski definition) is 0. The van der Waals surface area contributed by atoms with Crippen molar-refractivity contribution < 1.29 is 23.7 Å². The van der Waals surface area contributed by atoms with Crippen LogP contribution < -0.4 is 9.47 Å². The molecule has 1 aromatic rings. The number of benzene rings is 1. The Balaban J connectivity index is 1.69. The number of rotatable bonds is 5. The second-order valence-corrected chi connectivity index (χ2v) is 5.68. The van der Waals surface area contributed by atoms with Gasteiger partial charge in [-0.25, -0.2) is 0 Å². The highest BCUT2D eigenvalue weighted by Crippen LogP contribution is 2.27. The van der Waals surface area contributed by atoms with Crippen molar-refractivity contribution in [1.29, 1.82) is 0 Å². The Morgan fingerprint density at radius 2 is 1.41 bits per heavy atom. The lowest BCUT2D eigenvalue weighted by Gasteiger charge is -2.25. The predicted octanol–water partition coefficient (Wildman–Crippen LogP) is 3.31. The Bertz CT molecular complexity index is 452. The molecule has 0 saturated carbocycles. The van der Waals surface area contributed by atoms with Gasteiger partial charge in [-0.15, -0.1) is 0 Å². The lowest BCUT2D eigenvalue weighted by atomic mass is 10.2. The Hall–Kier alpha value is -1.59. The molecule has 2 aliphatic heterocycles. The van der Waals surface area contributed by atoms with Crippen LogP contribution in [0.4, 0.5) is 0 Å². The van der Waals surface area contributed by atoms with E-state index in [1.165, 1.54) is 0 Å². The van der Waals surface area contributed by atoms with E-state index in [1.54, 1.807) is 18.2 Å². The number of ether oxygens (including phenoxy) is 4. The average Bonchev–Trinajstić information content (AvgIpc) is 2.56. The van der Waals surface area contributed by atoms with Gasteiger partial charge in [0.15, 0.2) is 12.6 Å². The molecule has 0 N–H and O–H groups in total. The van der Waals surface area contributed by atoms with Gasteiger partial charge in [0.25, 0.3) is 0 Å². The van der Waals surface area contributed by atoms with Crippen molar-refractivity contribution in [1.82, 2.24) is 0 Å². The summed E-state index contributed by atoms with van der Waals surface area (Å²) in [6, 6.07) is 5.21. The van der Waals surface area contributed by atoms with E-state index in [4.69, 9.17) is 18.9 Å². The fraction of sp³-hybridized carbons (Fsp3) is 0.588. The lowest BCUT2D eigenvalue weighted by molar-refractivity contribution is -0.109. The van der Waals surface area contributed by atoms with Gasteiger partial charge in [-0.2, -0.15) is 0 Å². The number of carbonyl (C=O) groups is 1. The lowest BCUT2D eigenvalue weighted by Crippen LogP contribution is -2.26. The van der Waals surface area contributed by atoms with Crippen molar-refractivity contribution in [3.8, 4) is 11.5 Å². The van der Waals surface area contributed by atoms with Gasteiger partial charge in [0.05, 0.1) is 13.2 Å². The van der Waals surface area contributed by atoms with Crippen LogP contribution in [-0.4, -0.2) is 32.1 Å². The SMILES string of the molecule is O=Cc1cc(O[C@@H]2CCCCO2)cc(O[C@H]2CCCCO2)c1. The topological polar surface area (TPSA) is 54.0 Å². The summed E-state index contributed by atoms with van der Waals surface area (Å²) in [6.07, 6.45) is 6.38. The average molecular weight is 306 g/mol. The van der Waals surface area contributed by atoms with Crippen molar-refractivity contribution in [2.24, 2.45) is 0 Å². The Morgan fingerprint density at radius 1 is 0.864 bits per heavy atom. The van der Waals surface area contributed by atoms with E-state index in [0.29, 0.717) is 17.1 Å². The van der Waals surface area contributed by atoms with Crippen LogP contribution in [0.2, 0.25) is 0 Å². The van der Waals surface area contributed by atoms with Gasteiger partial charge >= 0.3 is 0 Å². The Morgan fingerprint density at radius 3 is 1.82 bits per heavy atom. The summed E-state index contributed by atoms with van der Waals surface area (Å²) in [4.78, 5) is 11.1. The summed E-state index contributed by atoms with van der Waals surface area (Å²) in [5.74, 6) is 1.20. The van der Waals surface area contributed by atoms with Gasteiger partial charge in [0, 0.05) is 24.5 Å². The zero-order chi connectivity index (χ0) is 15.2. The van der Waals surface area contributed by atoms with E-state index >= 15 is 0 Å². The molecule has 0 amide bonds. The van der Waals surface area contributed by atoms with Crippen molar-refractivity contribution in [2.45, 2.75) is 51.1 Å². The molecule has 2 fully saturated rings. The molecule has 5 heteroatoms. The third-order valence-electron chi connectivity index (χ3n) is 3.85. The molecule has 2 aliphatic rings. The quantitative estimate of drug-likeness (QED) is 0.781. The maximum absolute atomic E-state index is 11.1. The summed E-state index contributed by atoms with van der Waals surface area (Å²) < 4.78 is 22.8. The molecular weight excluding hydrogens is 284 g/mol. The second kappa shape index (κ2) is 7.61. The van der Waals surface area contributed by atoms with Crippen LogP contribution in [0.5, 0.6) is 11.5 Å². The van der Waals surface area contributed by atoms with E-state index in [2.05, 4.69) is 0 Å². The molecule has 0 radical (unpaired) electrons. The summed E-state index contributed by atoms with van der Waals surface area (Å²) in [7, 11) is 0. The number of hydrogen-bond acceptors (Lipinski definition) is 5. The standard InChI is InChI=1S/C17H22O5/c18-12-13-9-14(21-16-5-1-3-7-19-16)11-15(10-13)22-17-6-2-4-8-20-17/h9-12,16-17H,1-8H2/t16-,17+. The third kappa shape index (κ3) is 4.21. The van der Waals surface area contributed by atoms with Gasteiger partial charge in [-0.1, -0.05) is 0 Å². The van der Waals surface area contributed by atoms with Crippen LogP contribution >= 0.6 is 0 Å². The first kappa shape index (κ1) is 15.3. The van der Waals surface area contributed by atoms with E-state index in [-0.39, 0.29) is 12.6 Å². The second-order valence-electron chi connectivity index (χ2n) is 5.68. The summed E-state index contributed by atoms with van der Waals surface area (Å²) in [5.41, 5.74) is 0.527. The maximum Gasteiger partial charge on any atom is 0.199 e. The van der Waals surface area contributed by atoms with Crippen LogP contribution in [0.1, 0.15) is 48.9 Å². The maximum atomic E-state index is 11.1. The van der Waals surface area contributed by atoms with E-state index in [1.807, 2.05) is 0 Å². The van der Waals surface area contributed by atoms with Gasteiger partial charge in [0.1, 0.15) is 17.8 Å². The predicted molar refractivity (Wildman–Crippen MR) is 80.3 cm³/mol. The molecular formula is C17H22O5. The largest absolute Gasteiger partial charge is 0.465 e. The summed E-state index contributed by atoms with van der Waals surface area (Å²) >= 11 is 0. The van der Waals surface area contributed by atoms with Crippen LogP contribution in [-0.2, 0) is 9.47 Å². The van der Waals surface area contributed by atoms with Gasteiger partial charge < -0.3 is 18.9 Å². The molecule has 0 spiro atoms. The van der Waals surface area contributed by atoms with Crippen molar-refractivity contribution in [3.63, 3.8) is 0 Å². The minimum absolute atomic E-state index is 0.241. The highest BCUT2D eigenvalue weighted by atomic mass is 16.7. The molecule has 3 rings (SSSR count). The minimum Gasteiger partial charge on any atom is -0.465 e. The number of aldehydes is 1. The third-order valence-corrected chi connectivity index (χ3v) is 3.85. The molecule has 5 nitrogen and oxygen atoms in total. The zero-order valence-electron chi connectivity index (χ0n) is 12.7. The van der Waals surface area contributed by atoms with Crippen LogP contribution in [0.25, 0.3) is 0 Å². The molecule has 2 saturated heterocycles. The summed E-state index contributed by atoms with van der Waals surface area (Å²) in [6.45, 7) is 1.44. The van der Waals surface area contributed by atoms with E-state index in [9.17, 15) is 4.79 Å². The Kier molecular flexibility index (Phi) is 5.29. The molecule has 2 atom stereocenters. The number of carbonyl (C=O) groups excluding carboxylic acids is 1. The van der Waals surface area contributed by atoms with Crippen LogP contribution in [0, 0.1) is 0 Å². The highest BCUT2D eigenvalue weighted by molar-refractivity contribution is 5.76. The fourth-order valence-corrected chi connectivity index (χ4v) is 2.71. The molecule has 2 heterocycles. The summed E-state index contributed by atoms with van der Waals surface area (Å²) in [5, 5.41) is 0. The fourth-order valence-electron chi connectivity index (χ4n) is 2.71. The van der Waals surface area contributed by atoms with Gasteiger partial charge in [-0.05, 0) is 37.8 Å². The van der Waals surface area contributed by atoms with E-state index < -0.39 is 0 Å². The van der Waals surface area contributed by atoms with Crippen LogP contribution in [0.3, 0.4) is 0 Å². The first-order chi connectivity index (χ1) is 10.8. The van der Waals surface area contributed by atoms with Gasteiger partial charge in [0.2, 0.25) is 0 Å². The van der Waals surface area contributed by atoms with Crippen LogP contribution in [0.15, 0.2) is 18.2 Å². The molecule has 0 aromatic heterocycles. The molecule has 0 unspecified atom stereocenters. The molecule has 0 bridgehead atoms. The van der Waals surface area contributed by atoms with Crippen molar-refractivity contribution in [3.05, 3.63) is 23.8 Å². The molecule has 22 heavy (non-hydrogen) atoms. The molecule has 120 valence electrons. The van der Waals surface area contributed by atoms with Gasteiger partial charge in [-0.3, -0.25) is 4.79 Å². The zero-order valence-corrected chi connectivity index (χ0v) is 12.7. The first-order valence-electron chi connectivity index (χ1n) is 8.00. The highest BCUT2D eigenvalue weighted by Gasteiger charge is 2.18. The molecule has 0 aliphatic carbocycles. The molecule has 1 aromatic carbocycles. The van der Waals surface area contributed by atoms with Crippen molar-refractivity contribution in [2.75, 3.05) is 13.2 Å². The smallest absolute Gasteiger partial charge is 0.199 e. The normalized spacial score (nSPS) is 25.5. The van der Waals surface area contributed by atoms with E-state index in [0.717, 1.165) is 58.0 Å². The minimum atomic E-state index is -0.241. The monoisotopic (exact) mass is 306 g/mol. The Labute approximate surface area is 130 Å².